The zero-order valence-electron chi connectivity index (χ0n) is 9.07. The van der Waals surface area contributed by atoms with Gasteiger partial charge in [-0.3, -0.25) is 4.99 Å². The molecule has 0 saturated carbocycles. The zero-order chi connectivity index (χ0) is 13.1. The van der Waals surface area contributed by atoms with Gasteiger partial charge in [-0.2, -0.15) is 0 Å². The summed E-state index contributed by atoms with van der Waals surface area (Å²) in [5.41, 5.74) is 0.317. The molecular weight excluding hydrogens is 243 g/mol. The maximum atomic E-state index is 12.9. The van der Waals surface area contributed by atoms with Crippen molar-refractivity contribution in [2.45, 2.75) is 0 Å². The average molecular weight is 251 g/mol. The number of nitrogens with zero attached hydrogens (tertiary/aromatic N) is 1. The highest BCUT2D eigenvalue weighted by molar-refractivity contribution is 5.85. The summed E-state index contributed by atoms with van der Waals surface area (Å²) in [5.74, 6) is -4.15. The third-order valence-electron chi connectivity index (χ3n) is 2.26. The number of hydrogen-bond acceptors (Lipinski definition) is 2. The SMILES string of the molecule is Oc1ccccc1C=Nc1cc(F)c(F)c(F)c1. The number of rotatable bonds is 2. The van der Waals surface area contributed by atoms with Crippen molar-refractivity contribution in [1.29, 1.82) is 0 Å². The first kappa shape index (κ1) is 12.2. The van der Waals surface area contributed by atoms with Crippen LogP contribution in [0.15, 0.2) is 41.4 Å². The highest BCUT2D eigenvalue weighted by atomic mass is 19.2. The smallest absolute Gasteiger partial charge is 0.194 e. The van der Waals surface area contributed by atoms with Gasteiger partial charge >= 0.3 is 0 Å². The Hall–Kier alpha value is -2.30. The summed E-state index contributed by atoms with van der Waals surface area (Å²) in [6.07, 6.45) is 1.24. The third-order valence-corrected chi connectivity index (χ3v) is 2.26. The van der Waals surface area contributed by atoms with Gasteiger partial charge in [0.1, 0.15) is 5.75 Å². The van der Waals surface area contributed by atoms with Crippen molar-refractivity contribution in [3.05, 3.63) is 59.4 Å². The molecule has 0 aliphatic heterocycles. The van der Waals surface area contributed by atoms with Crippen LogP contribution >= 0.6 is 0 Å². The number of aliphatic imine (C=N–C) groups is 1. The van der Waals surface area contributed by atoms with E-state index in [0.29, 0.717) is 5.56 Å². The molecule has 0 unspecified atom stereocenters. The van der Waals surface area contributed by atoms with E-state index in [0.717, 1.165) is 12.1 Å². The van der Waals surface area contributed by atoms with E-state index < -0.39 is 17.5 Å². The van der Waals surface area contributed by atoms with E-state index in [-0.39, 0.29) is 11.4 Å². The Balaban J connectivity index is 2.33. The molecule has 5 heteroatoms. The van der Waals surface area contributed by atoms with Gasteiger partial charge in [-0.25, -0.2) is 13.2 Å². The molecule has 0 saturated heterocycles. The van der Waals surface area contributed by atoms with Crippen LogP contribution in [-0.4, -0.2) is 11.3 Å². The first-order valence-electron chi connectivity index (χ1n) is 5.04. The minimum atomic E-state index is -1.53. The van der Waals surface area contributed by atoms with Crippen LogP contribution in [0, 0.1) is 17.5 Å². The Morgan fingerprint density at radius 2 is 1.61 bits per heavy atom. The predicted molar refractivity (Wildman–Crippen MR) is 61.7 cm³/mol. The molecule has 0 spiro atoms. The molecule has 0 heterocycles. The first-order chi connectivity index (χ1) is 8.58. The molecule has 0 fully saturated rings. The van der Waals surface area contributed by atoms with E-state index in [2.05, 4.69) is 4.99 Å². The highest BCUT2D eigenvalue weighted by Gasteiger charge is 2.09. The normalized spacial score (nSPS) is 11.1. The van der Waals surface area contributed by atoms with Crippen molar-refractivity contribution in [3.8, 4) is 5.75 Å². The van der Waals surface area contributed by atoms with E-state index in [4.69, 9.17) is 0 Å². The second kappa shape index (κ2) is 4.91. The lowest BCUT2D eigenvalue weighted by atomic mass is 10.2. The molecule has 0 aliphatic carbocycles. The molecule has 18 heavy (non-hydrogen) atoms. The van der Waals surface area contributed by atoms with Gasteiger partial charge in [0.25, 0.3) is 0 Å². The van der Waals surface area contributed by atoms with Crippen molar-refractivity contribution in [1.82, 2.24) is 0 Å². The molecule has 0 bridgehead atoms. The Morgan fingerprint density at radius 1 is 1.00 bits per heavy atom. The van der Waals surface area contributed by atoms with Crippen LogP contribution in [0.25, 0.3) is 0 Å². The summed E-state index contributed by atoms with van der Waals surface area (Å²) in [7, 11) is 0. The first-order valence-corrected chi connectivity index (χ1v) is 5.04. The van der Waals surface area contributed by atoms with Crippen LogP contribution in [0.2, 0.25) is 0 Å². The molecule has 0 aromatic heterocycles. The summed E-state index contributed by atoms with van der Waals surface area (Å²) in [6.45, 7) is 0. The van der Waals surface area contributed by atoms with Gasteiger partial charge in [0.15, 0.2) is 17.5 Å². The number of phenolic OH excluding ortho intramolecular Hbond substituents is 1. The van der Waals surface area contributed by atoms with E-state index in [1.54, 1.807) is 18.2 Å². The molecule has 0 aliphatic rings. The molecule has 2 rings (SSSR count). The van der Waals surface area contributed by atoms with Gasteiger partial charge in [0.05, 0.1) is 5.69 Å². The number of aromatic hydroxyl groups is 1. The van der Waals surface area contributed by atoms with E-state index in [1.807, 2.05) is 0 Å². The predicted octanol–water partition coefficient (Wildman–Crippen LogP) is 3.56. The average Bonchev–Trinajstić information content (AvgIpc) is 2.35. The van der Waals surface area contributed by atoms with Crippen LogP contribution in [0.5, 0.6) is 5.75 Å². The maximum Gasteiger partial charge on any atom is 0.194 e. The number of benzene rings is 2. The lowest BCUT2D eigenvalue weighted by molar-refractivity contribution is 0.447. The quantitative estimate of drug-likeness (QED) is 0.642. The standard InChI is InChI=1S/C13H8F3NO/c14-10-5-9(6-11(15)13(10)16)17-7-8-3-1-2-4-12(8)18/h1-7,18H. The minimum Gasteiger partial charge on any atom is -0.507 e. The molecule has 2 aromatic rings. The number of halogens is 3. The van der Waals surface area contributed by atoms with Crippen LogP contribution < -0.4 is 0 Å². The largest absolute Gasteiger partial charge is 0.507 e. The van der Waals surface area contributed by atoms with Crippen molar-refractivity contribution in [3.63, 3.8) is 0 Å². The topological polar surface area (TPSA) is 32.6 Å². The van der Waals surface area contributed by atoms with Crippen molar-refractivity contribution < 1.29 is 18.3 Å². The Bertz CT molecular complexity index is 588. The van der Waals surface area contributed by atoms with E-state index in [1.165, 1.54) is 12.3 Å². The lowest BCUT2D eigenvalue weighted by Gasteiger charge is -1.99. The molecule has 0 amide bonds. The molecule has 1 N–H and O–H groups in total. The monoisotopic (exact) mass is 251 g/mol. The fraction of sp³-hybridized carbons (Fsp3) is 0. The van der Waals surface area contributed by atoms with Crippen molar-refractivity contribution >= 4 is 11.9 Å². The zero-order valence-corrected chi connectivity index (χ0v) is 9.07. The Morgan fingerprint density at radius 3 is 2.22 bits per heavy atom. The van der Waals surface area contributed by atoms with Crippen molar-refractivity contribution in [2.24, 2.45) is 4.99 Å². The second-order valence-corrected chi connectivity index (χ2v) is 3.54. The van der Waals surface area contributed by atoms with Crippen LogP contribution in [0.1, 0.15) is 5.56 Å². The van der Waals surface area contributed by atoms with Gasteiger partial charge in [0, 0.05) is 23.9 Å². The fourth-order valence-corrected chi connectivity index (χ4v) is 1.36. The number of para-hydroxylation sites is 1. The highest BCUT2D eigenvalue weighted by Crippen LogP contribution is 2.20. The summed E-state index contributed by atoms with van der Waals surface area (Å²) < 4.78 is 38.5. The molecule has 2 nitrogen and oxygen atoms in total. The fourth-order valence-electron chi connectivity index (χ4n) is 1.36. The third kappa shape index (κ3) is 2.51. The van der Waals surface area contributed by atoms with Crippen molar-refractivity contribution in [2.75, 3.05) is 0 Å². The molecule has 2 aromatic carbocycles. The number of phenols is 1. The molecule has 92 valence electrons. The maximum absolute atomic E-state index is 12.9. The van der Waals surface area contributed by atoms with Gasteiger partial charge in [-0.1, -0.05) is 12.1 Å². The lowest BCUT2D eigenvalue weighted by Crippen LogP contribution is -1.89. The van der Waals surface area contributed by atoms with E-state index in [9.17, 15) is 18.3 Å². The summed E-state index contributed by atoms with van der Waals surface area (Å²) >= 11 is 0. The van der Waals surface area contributed by atoms with Gasteiger partial charge in [0.2, 0.25) is 0 Å². The molecular formula is C13H8F3NO. The van der Waals surface area contributed by atoms with Gasteiger partial charge < -0.3 is 5.11 Å². The minimum absolute atomic E-state index is 0.00990. The summed E-state index contributed by atoms with van der Waals surface area (Å²) in [4.78, 5) is 3.77. The Kier molecular flexibility index (Phi) is 3.32. The Labute approximate surface area is 101 Å². The van der Waals surface area contributed by atoms with E-state index >= 15 is 0 Å². The number of hydrogen-bond donors (Lipinski definition) is 1. The summed E-state index contributed by atoms with van der Waals surface area (Å²) in [6, 6.07) is 7.88. The van der Waals surface area contributed by atoms with Crippen LogP contribution in [-0.2, 0) is 0 Å². The summed E-state index contributed by atoms with van der Waals surface area (Å²) in [5, 5.41) is 9.44. The molecule has 0 atom stereocenters. The van der Waals surface area contributed by atoms with Crippen LogP contribution in [0.3, 0.4) is 0 Å². The van der Waals surface area contributed by atoms with Crippen LogP contribution in [0.4, 0.5) is 18.9 Å². The van der Waals surface area contributed by atoms with Gasteiger partial charge in [-0.15, -0.1) is 0 Å². The second-order valence-electron chi connectivity index (χ2n) is 3.54. The van der Waals surface area contributed by atoms with Gasteiger partial charge in [-0.05, 0) is 12.1 Å². The molecule has 0 radical (unpaired) electrons.